The molecule has 0 bridgehead atoms. The fourth-order valence-corrected chi connectivity index (χ4v) is 8.02. The van der Waals surface area contributed by atoms with Gasteiger partial charge in [-0.05, 0) is 52.4 Å². The maximum Gasteiger partial charge on any atom is 0.303 e. The molecular weight excluding hydrogens is 645 g/mol. The van der Waals surface area contributed by atoms with Crippen molar-refractivity contribution in [3.8, 4) is 11.1 Å². The Morgan fingerprint density at radius 2 is 1.65 bits per heavy atom. The number of thioether (sulfide) groups is 1. The molecule has 1 saturated heterocycles. The predicted octanol–water partition coefficient (Wildman–Crippen LogP) is 7.91. The molecule has 0 radical (unpaired) electrons. The van der Waals surface area contributed by atoms with Crippen LogP contribution in [0.2, 0.25) is 0 Å². The monoisotopic (exact) mass is 682 g/mol. The molecule has 48 heavy (non-hydrogen) atoms. The number of hydrogen-bond acceptors (Lipinski definition) is 8. The van der Waals surface area contributed by atoms with E-state index in [2.05, 4.69) is 30.4 Å². The molecule has 0 saturated carbocycles. The van der Waals surface area contributed by atoms with Crippen LogP contribution in [0.5, 0.6) is 0 Å². The fourth-order valence-electron chi connectivity index (χ4n) is 5.76. The average molecular weight is 683 g/mol. The van der Waals surface area contributed by atoms with Crippen molar-refractivity contribution in [1.29, 1.82) is 0 Å². The molecule has 0 aliphatic carbocycles. The van der Waals surface area contributed by atoms with Crippen LogP contribution in [0.1, 0.15) is 60.8 Å². The van der Waals surface area contributed by atoms with Gasteiger partial charge in [0.05, 0.1) is 29.0 Å². The third-order valence-corrected chi connectivity index (χ3v) is 10.8. The maximum atomic E-state index is 12.1. The molecule has 0 spiro atoms. The largest absolute Gasteiger partial charge is 0.481 e. The van der Waals surface area contributed by atoms with Crippen molar-refractivity contribution in [2.24, 2.45) is 5.92 Å². The molecular formula is C38H38N2O6S2. The number of carboxylic acid groups (broad SMARTS) is 1. The number of carboxylic acids is 1. The van der Waals surface area contributed by atoms with Crippen LogP contribution < -0.4 is 5.32 Å². The molecule has 1 amide bonds. The van der Waals surface area contributed by atoms with Crippen molar-refractivity contribution in [3.63, 3.8) is 0 Å². The number of aliphatic hydroxyl groups is 1. The smallest absolute Gasteiger partial charge is 0.303 e. The van der Waals surface area contributed by atoms with Crippen molar-refractivity contribution < 1.29 is 29.3 Å². The van der Waals surface area contributed by atoms with E-state index in [1.807, 2.05) is 78.9 Å². The van der Waals surface area contributed by atoms with Gasteiger partial charge in [0.2, 0.25) is 5.91 Å². The molecule has 4 unspecified atom stereocenters. The standard InChI is InChI=1S/C38H38N2O6S2/c1-24-32(23-47-38-40-31-8-2-3-9-33(31)48-38)45-37(46-36(24)28-14-12-25(22-41)13-15-28)29-18-16-27(17-19-29)30-7-4-6-26(20-30)21-39-34(42)10-5-11-35(43)44/h2-4,6-9,12-20,24,32,36-37,41H,5,10-11,21-23H2,1H3,(H,39,42)(H,43,44). The van der Waals surface area contributed by atoms with Gasteiger partial charge >= 0.3 is 5.97 Å². The van der Waals surface area contributed by atoms with Gasteiger partial charge in [0.1, 0.15) is 0 Å². The number of aliphatic hydroxyl groups excluding tert-OH is 1. The van der Waals surface area contributed by atoms with Crippen LogP contribution in [0.4, 0.5) is 0 Å². The van der Waals surface area contributed by atoms with E-state index in [4.69, 9.17) is 19.6 Å². The Bertz CT molecular complexity index is 1810. The lowest BCUT2D eigenvalue weighted by atomic mass is 9.91. The minimum absolute atomic E-state index is 0.00693. The van der Waals surface area contributed by atoms with Crippen molar-refractivity contribution >= 4 is 45.2 Å². The summed E-state index contributed by atoms with van der Waals surface area (Å²) in [6.07, 6.45) is -0.376. The number of amides is 1. The number of aromatic nitrogens is 1. The third-order valence-electron chi connectivity index (χ3n) is 8.50. The second kappa shape index (κ2) is 15.9. The van der Waals surface area contributed by atoms with Gasteiger partial charge in [0, 0.05) is 36.6 Å². The van der Waals surface area contributed by atoms with Crippen LogP contribution in [0, 0.1) is 5.92 Å². The summed E-state index contributed by atoms with van der Waals surface area (Å²) in [6.45, 7) is 2.53. The Morgan fingerprint density at radius 1 is 0.875 bits per heavy atom. The first-order chi connectivity index (χ1) is 23.4. The molecule has 2 heterocycles. The molecule has 8 nitrogen and oxygen atoms in total. The van der Waals surface area contributed by atoms with Crippen molar-refractivity contribution in [3.05, 3.63) is 119 Å². The van der Waals surface area contributed by atoms with Crippen molar-refractivity contribution in [1.82, 2.24) is 10.3 Å². The van der Waals surface area contributed by atoms with Gasteiger partial charge < -0.3 is 25.0 Å². The first-order valence-corrected chi connectivity index (χ1v) is 17.8. The zero-order valence-corrected chi connectivity index (χ0v) is 28.2. The minimum atomic E-state index is -0.898. The predicted molar refractivity (Wildman–Crippen MR) is 189 cm³/mol. The number of carbonyl (C=O) groups is 2. The highest BCUT2D eigenvalue weighted by Gasteiger charge is 2.38. The van der Waals surface area contributed by atoms with Gasteiger partial charge in [-0.1, -0.05) is 97.5 Å². The second-order valence-corrected chi connectivity index (χ2v) is 14.2. The number of rotatable bonds is 13. The molecule has 10 heteroatoms. The first kappa shape index (κ1) is 33.8. The van der Waals surface area contributed by atoms with E-state index in [9.17, 15) is 14.7 Å². The number of para-hydroxylation sites is 1. The average Bonchev–Trinajstić information content (AvgIpc) is 3.54. The molecule has 1 aromatic heterocycles. The number of nitrogens with zero attached hydrogens (tertiary/aromatic N) is 1. The molecule has 1 aliphatic heterocycles. The minimum Gasteiger partial charge on any atom is -0.481 e. The molecule has 6 rings (SSSR count). The number of benzene rings is 4. The lowest BCUT2D eigenvalue weighted by Crippen LogP contribution is -2.38. The molecule has 1 fully saturated rings. The fraction of sp³-hybridized carbons (Fsp3) is 0.289. The number of thiazole rings is 1. The summed E-state index contributed by atoms with van der Waals surface area (Å²) in [5.74, 6) is -0.256. The summed E-state index contributed by atoms with van der Waals surface area (Å²) < 4.78 is 15.5. The quantitative estimate of drug-likeness (QED) is 0.107. The van der Waals surface area contributed by atoms with Crippen LogP contribution in [0.3, 0.4) is 0 Å². The molecule has 4 atom stereocenters. The van der Waals surface area contributed by atoms with E-state index < -0.39 is 12.3 Å². The number of hydrogen-bond donors (Lipinski definition) is 3. The van der Waals surface area contributed by atoms with E-state index in [1.165, 1.54) is 4.70 Å². The number of aliphatic carboxylic acids is 1. The molecule has 4 aromatic carbocycles. The Balaban J connectivity index is 1.16. The summed E-state index contributed by atoms with van der Waals surface area (Å²) in [6, 6.07) is 32.3. The highest BCUT2D eigenvalue weighted by atomic mass is 32.2. The van der Waals surface area contributed by atoms with Crippen LogP contribution in [0.15, 0.2) is 101 Å². The van der Waals surface area contributed by atoms with Gasteiger partial charge in [0.15, 0.2) is 10.6 Å². The first-order valence-electron chi connectivity index (χ1n) is 16.0. The molecule has 1 aliphatic rings. The zero-order chi connectivity index (χ0) is 33.5. The van der Waals surface area contributed by atoms with Gasteiger partial charge in [-0.2, -0.15) is 0 Å². The topological polar surface area (TPSA) is 118 Å². The van der Waals surface area contributed by atoms with E-state index in [1.54, 1.807) is 23.1 Å². The van der Waals surface area contributed by atoms with Crippen molar-refractivity contribution in [2.75, 3.05) is 5.75 Å². The van der Waals surface area contributed by atoms with E-state index >= 15 is 0 Å². The number of ether oxygens (including phenoxy) is 2. The molecule has 5 aromatic rings. The number of carbonyl (C=O) groups excluding carboxylic acids is 1. The van der Waals surface area contributed by atoms with E-state index in [0.29, 0.717) is 13.0 Å². The zero-order valence-electron chi connectivity index (χ0n) is 26.6. The Hall–Kier alpha value is -4.06. The summed E-state index contributed by atoms with van der Waals surface area (Å²) in [7, 11) is 0. The summed E-state index contributed by atoms with van der Waals surface area (Å²) in [5, 5.41) is 21.2. The van der Waals surface area contributed by atoms with Crippen LogP contribution in [-0.2, 0) is 32.2 Å². The summed E-state index contributed by atoms with van der Waals surface area (Å²) >= 11 is 3.41. The normalized spacial score (nSPS) is 19.3. The Kier molecular flexibility index (Phi) is 11.2. The van der Waals surface area contributed by atoms with E-state index in [0.717, 1.165) is 49.0 Å². The lowest BCUT2D eigenvalue weighted by molar-refractivity contribution is -0.268. The summed E-state index contributed by atoms with van der Waals surface area (Å²) in [4.78, 5) is 27.7. The van der Waals surface area contributed by atoms with Crippen molar-refractivity contribution in [2.45, 2.75) is 62.2 Å². The molecule has 248 valence electrons. The molecule has 3 N–H and O–H groups in total. The van der Waals surface area contributed by atoms with Gasteiger partial charge in [-0.15, -0.1) is 11.3 Å². The van der Waals surface area contributed by atoms with Gasteiger partial charge in [0.25, 0.3) is 0 Å². The van der Waals surface area contributed by atoms with E-state index in [-0.39, 0.29) is 43.5 Å². The lowest BCUT2D eigenvalue weighted by Gasteiger charge is -2.41. The second-order valence-electron chi connectivity index (χ2n) is 11.9. The highest BCUT2D eigenvalue weighted by Crippen LogP contribution is 2.43. The SMILES string of the molecule is CC1C(CSc2nc3ccccc3s2)OC(c2ccc(-c3cccc(CNC(=O)CCCC(=O)O)c3)cc2)OC1c1ccc(CO)cc1. The van der Waals surface area contributed by atoms with Crippen LogP contribution in [-0.4, -0.2) is 38.9 Å². The Morgan fingerprint density at radius 3 is 2.40 bits per heavy atom. The van der Waals surface area contributed by atoms with Gasteiger partial charge in [-0.3, -0.25) is 9.59 Å². The summed E-state index contributed by atoms with van der Waals surface area (Å²) in [5.41, 5.74) is 6.83. The maximum absolute atomic E-state index is 12.1. The third kappa shape index (κ3) is 8.50. The number of nitrogens with one attached hydrogen (secondary N) is 1. The van der Waals surface area contributed by atoms with Crippen LogP contribution >= 0.6 is 23.1 Å². The highest BCUT2D eigenvalue weighted by molar-refractivity contribution is 8.01. The Labute approximate surface area is 288 Å². The number of fused-ring (bicyclic) bond motifs is 1. The van der Waals surface area contributed by atoms with Gasteiger partial charge in [-0.25, -0.2) is 4.98 Å². The van der Waals surface area contributed by atoms with Crippen LogP contribution in [0.25, 0.3) is 21.3 Å².